The van der Waals surface area contributed by atoms with Gasteiger partial charge in [0.2, 0.25) is 0 Å². The molecule has 1 atom stereocenters. The summed E-state index contributed by atoms with van der Waals surface area (Å²) in [6, 6.07) is 3.33. The molecule has 0 aromatic carbocycles. The molecule has 1 unspecified atom stereocenters. The summed E-state index contributed by atoms with van der Waals surface area (Å²) in [6.45, 7) is 12.1. The molecule has 0 aliphatic carbocycles. The van der Waals surface area contributed by atoms with Gasteiger partial charge in [0.1, 0.15) is 0 Å². The van der Waals surface area contributed by atoms with Crippen LogP contribution in [0.25, 0.3) is 0 Å². The van der Waals surface area contributed by atoms with Crippen molar-refractivity contribution in [3.63, 3.8) is 0 Å². The average molecular weight is 518 g/mol. The molecule has 2 N–H and O–H groups in total. The van der Waals surface area contributed by atoms with E-state index in [0.29, 0.717) is 5.82 Å². The molecule has 0 radical (unpaired) electrons. The number of nitrogens with zero attached hydrogens (tertiary/aromatic N) is 4. The topological polar surface area (TPSA) is 55.8 Å². The molecule has 6 nitrogen and oxygen atoms in total. The first-order valence-electron chi connectivity index (χ1n) is 10.6. The van der Waals surface area contributed by atoms with E-state index >= 15 is 0 Å². The molecule has 0 bridgehead atoms. The maximum atomic E-state index is 14.0. The second kappa shape index (κ2) is 11.3. The van der Waals surface area contributed by atoms with E-state index in [1.807, 2.05) is 4.90 Å². The van der Waals surface area contributed by atoms with Gasteiger partial charge in [0.15, 0.2) is 17.6 Å². The molecular weight excluding hydrogens is 482 g/mol. The Morgan fingerprint density at radius 1 is 1.28 bits per heavy atom. The lowest BCUT2D eigenvalue weighted by molar-refractivity contribution is 0.102. The molecule has 8 heteroatoms. The number of halogens is 2. The number of hydrogen-bond acceptors (Lipinski definition) is 4. The van der Waals surface area contributed by atoms with Crippen LogP contribution in [0.5, 0.6) is 0 Å². The highest BCUT2D eigenvalue weighted by atomic mass is 127. The number of aromatic nitrogens is 1. The second-order valence-electron chi connectivity index (χ2n) is 8.44. The van der Waals surface area contributed by atoms with E-state index in [2.05, 4.69) is 41.3 Å². The van der Waals surface area contributed by atoms with Gasteiger partial charge in [0, 0.05) is 37.4 Å². The lowest BCUT2D eigenvalue weighted by Gasteiger charge is -2.40. The number of nitrogens with one attached hydrogen (secondary N) is 2. The predicted molar refractivity (Wildman–Crippen MR) is 129 cm³/mol. The maximum Gasteiger partial charge on any atom is 0.191 e. The van der Waals surface area contributed by atoms with Crippen LogP contribution in [-0.4, -0.2) is 66.7 Å². The van der Waals surface area contributed by atoms with Crippen molar-refractivity contribution in [2.75, 3.05) is 44.2 Å². The number of aliphatic imine (C=N–C) groups is 1. The van der Waals surface area contributed by atoms with Crippen LogP contribution in [-0.2, 0) is 0 Å². The Labute approximate surface area is 191 Å². The molecule has 0 saturated carbocycles. The van der Waals surface area contributed by atoms with Gasteiger partial charge in [-0.25, -0.2) is 9.37 Å². The lowest BCUT2D eigenvalue weighted by Crippen LogP contribution is -2.50. The highest BCUT2D eigenvalue weighted by molar-refractivity contribution is 14.0. The normalized spacial score (nSPS) is 21.0. The molecular formula is C21H36FIN6. The summed E-state index contributed by atoms with van der Waals surface area (Å²) >= 11 is 0. The molecule has 2 saturated heterocycles. The Kier molecular flexibility index (Phi) is 9.39. The summed E-state index contributed by atoms with van der Waals surface area (Å²) in [5.41, 5.74) is 0.0571. The first-order valence-corrected chi connectivity index (χ1v) is 10.6. The highest BCUT2D eigenvalue weighted by Gasteiger charge is 2.29. The quantitative estimate of drug-likeness (QED) is 0.344. The third-order valence-corrected chi connectivity index (χ3v) is 5.75. The van der Waals surface area contributed by atoms with Crippen LogP contribution in [0.3, 0.4) is 0 Å². The van der Waals surface area contributed by atoms with E-state index in [9.17, 15) is 4.39 Å². The molecule has 2 aliphatic heterocycles. The fourth-order valence-corrected chi connectivity index (χ4v) is 4.07. The first-order chi connectivity index (χ1) is 13.5. The van der Waals surface area contributed by atoms with Crippen molar-refractivity contribution in [1.29, 1.82) is 0 Å². The van der Waals surface area contributed by atoms with Crippen LogP contribution in [0.15, 0.2) is 23.3 Å². The van der Waals surface area contributed by atoms with Gasteiger partial charge in [-0.3, -0.25) is 9.89 Å². The van der Waals surface area contributed by atoms with Crippen molar-refractivity contribution in [2.45, 2.75) is 58.0 Å². The smallest absolute Gasteiger partial charge is 0.191 e. The minimum Gasteiger partial charge on any atom is -0.357 e. The average Bonchev–Trinajstić information content (AvgIpc) is 3.16. The highest BCUT2D eigenvalue weighted by Crippen LogP contribution is 2.22. The van der Waals surface area contributed by atoms with Gasteiger partial charge >= 0.3 is 0 Å². The van der Waals surface area contributed by atoms with Crippen LogP contribution < -0.4 is 15.5 Å². The molecule has 164 valence electrons. The molecule has 3 rings (SSSR count). The molecule has 1 aromatic heterocycles. The zero-order chi connectivity index (χ0) is 20.0. The molecule has 1 aromatic rings. The summed E-state index contributed by atoms with van der Waals surface area (Å²) in [5, 5.41) is 6.90. The summed E-state index contributed by atoms with van der Waals surface area (Å²) in [6.07, 6.45) is 6.50. The van der Waals surface area contributed by atoms with Crippen LogP contribution in [0.2, 0.25) is 0 Å². The fraction of sp³-hybridized carbons (Fsp3) is 0.714. The van der Waals surface area contributed by atoms with E-state index in [-0.39, 0.29) is 41.4 Å². The Morgan fingerprint density at radius 3 is 2.72 bits per heavy atom. The third-order valence-electron chi connectivity index (χ3n) is 5.75. The van der Waals surface area contributed by atoms with E-state index in [0.717, 1.165) is 38.6 Å². The van der Waals surface area contributed by atoms with E-state index in [1.165, 1.54) is 38.4 Å². The number of hydrogen-bond donors (Lipinski definition) is 2. The van der Waals surface area contributed by atoms with E-state index in [1.54, 1.807) is 12.3 Å². The van der Waals surface area contributed by atoms with Crippen molar-refractivity contribution in [3.8, 4) is 0 Å². The first kappa shape index (κ1) is 24.1. The van der Waals surface area contributed by atoms with Crippen LogP contribution in [0.1, 0.15) is 46.5 Å². The van der Waals surface area contributed by atoms with Gasteiger partial charge < -0.3 is 15.5 Å². The molecule has 2 aliphatic rings. The van der Waals surface area contributed by atoms with Gasteiger partial charge in [-0.05, 0) is 65.3 Å². The molecule has 29 heavy (non-hydrogen) atoms. The Balaban J connectivity index is 0.00000300. The zero-order valence-electron chi connectivity index (χ0n) is 18.0. The number of rotatable bonds is 6. The number of anilines is 1. The molecule has 2 fully saturated rings. The van der Waals surface area contributed by atoms with Gasteiger partial charge in [-0.2, -0.15) is 0 Å². The molecule has 3 heterocycles. The zero-order valence-corrected chi connectivity index (χ0v) is 20.3. The number of piperidine rings is 1. The standard InChI is InChI=1S/C21H35FN6.HI/c1-4-23-20(25-16-21(2,3)28-12-6-5-7-13-28)26-17-10-14-27(15-17)19-18(22)9-8-11-24-19;/h8-9,11,17H,4-7,10,12-16H2,1-3H3,(H2,23,25,26);1H. The summed E-state index contributed by atoms with van der Waals surface area (Å²) in [5.74, 6) is 1.04. The number of likely N-dealkylation sites (tertiary alicyclic amines) is 1. The third kappa shape index (κ3) is 6.67. The van der Waals surface area contributed by atoms with Crippen molar-refractivity contribution in [1.82, 2.24) is 20.5 Å². The van der Waals surface area contributed by atoms with Crippen LogP contribution in [0, 0.1) is 5.82 Å². The van der Waals surface area contributed by atoms with Crippen LogP contribution >= 0.6 is 24.0 Å². The van der Waals surface area contributed by atoms with Crippen molar-refractivity contribution >= 4 is 35.8 Å². The van der Waals surface area contributed by atoms with Crippen LogP contribution in [0.4, 0.5) is 10.2 Å². The minimum absolute atomic E-state index is 0. The van der Waals surface area contributed by atoms with Gasteiger partial charge in [-0.1, -0.05) is 6.42 Å². The Bertz CT molecular complexity index is 662. The second-order valence-corrected chi connectivity index (χ2v) is 8.44. The maximum absolute atomic E-state index is 14.0. The lowest BCUT2D eigenvalue weighted by atomic mass is 9.99. The fourth-order valence-electron chi connectivity index (χ4n) is 4.07. The predicted octanol–water partition coefficient (Wildman–Crippen LogP) is 3.24. The Morgan fingerprint density at radius 2 is 2.03 bits per heavy atom. The van der Waals surface area contributed by atoms with Crippen molar-refractivity contribution < 1.29 is 4.39 Å². The monoisotopic (exact) mass is 518 g/mol. The molecule has 0 spiro atoms. The SMILES string of the molecule is CCNC(=NCC(C)(C)N1CCCCC1)NC1CCN(c2ncccc2F)C1.I. The molecule has 0 amide bonds. The number of guanidine groups is 1. The summed E-state index contributed by atoms with van der Waals surface area (Å²) < 4.78 is 14.0. The van der Waals surface area contributed by atoms with Crippen molar-refractivity contribution in [3.05, 3.63) is 24.1 Å². The minimum atomic E-state index is -0.257. The van der Waals surface area contributed by atoms with Crippen molar-refractivity contribution in [2.24, 2.45) is 4.99 Å². The largest absolute Gasteiger partial charge is 0.357 e. The summed E-state index contributed by atoms with van der Waals surface area (Å²) in [7, 11) is 0. The Hall–Kier alpha value is -1.16. The van der Waals surface area contributed by atoms with Gasteiger partial charge in [0.05, 0.1) is 6.54 Å². The van der Waals surface area contributed by atoms with E-state index < -0.39 is 0 Å². The summed E-state index contributed by atoms with van der Waals surface area (Å²) in [4.78, 5) is 13.7. The van der Waals surface area contributed by atoms with E-state index in [4.69, 9.17) is 4.99 Å². The van der Waals surface area contributed by atoms with Gasteiger partial charge in [-0.15, -0.1) is 24.0 Å². The van der Waals surface area contributed by atoms with Gasteiger partial charge in [0.25, 0.3) is 0 Å². The number of pyridine rings is 1.